The van der Waals surface area contributed by atoms with Crippen molar-refractivity contribution in [3.05, 3.63) is 29.3 Å². The normalized spacial score (nSPS) is 13.3. The van der Waals surface area contributed by atoms with Crippen LogP contribution in [0, 0.1) is 0 Å². The number of carbonyl (C=O) groups excluding carboxylic acids is 2. The number of nitrogens with one attached hydrogen (secondary N) is 2. The number of aliphatic hydroxyl groups is 1. The molecule has 0 radical (unpaired) electrons. The van der Waals surface area contributed by atoms with E-state index in [-0.39, 0.29) is 6.54 Å². The number of para-hydroxylation sites is 1. The molecule has 0 aliphatic rings. The Kier molecular flexibility index (Phi) is 7.01. The maximum atomic E-state index is 11.7. The fraction of sp³-hybridized carbons (Fsp3) is 0.429. The number of hydrogen-bond donors (Lipinski definition) is 3. The molecule has 21 heavy (non-hydrogen) atoms. The van der Waals surface area contributed by atoms with Crippen molar-refractivity contribution in [2.24, 2.45) is 0 Å². The maximum Gasteiger partial charge on any atom is 0.313 e. The lowest BCUT2D eigenvalue weighted by Crippen LogP contribution is -2.44. The Hall–Kier alpha value is -1.24. The minimum absolute atomic E-state index is 0.0162. The van der Waals surface area contributed by atoms with E-state index in [4.69, 9.17) is 11.6 Å². The van der Waals surface area contributed by atoms with Crippen LogP contribution in [-0.4, -0.2) is 41.1 Å². The van der Waals surface area contributed by atoms with E-state index in [9.17, 15) is 14.7 Å². The van der Waals surface area contributed by atoms with Crippen LogP contribution >= 0.6 is 23.4 Å². The third-order valence-electron chi connectivity index (χ3n) is 2.80. The summed E-state index contributed by atoms with van der Waals surface area (Å²) in [6.45, 7) is 1.64. The van der Waals surface area contributed by atoms with Crippen molar-refractivity contribution < 1.29 is 14.7 Å². The average Bonchev–Trinajstić information content (AvgIpc) is 2.45. The van der Waals surface area contributed by atoms with Crippen LogP contribution in [0.4, 0.5) is 5.69 Å². The van der Waals surface area contributed by atoms with Gasteiger partial charge in [0.15, 0.2) is 0 Å². The molecule has 0 saturated carbocycles. The summed E-state index contributed by atoms with van der Waals surface area (Å²) in [5.41, 5.74) is -0.669. The molecule has 0 aliphatic heterocycles. The first-order valence-corrected chi connectivity index (χ1v) is 8.18. The van der Waals surface area contributed by atoms with Crippen LogP contribution in [0.15, 0.2) is 24.3 Å². The molecule has 1 aromatic rings. The van der Waals surface area contributed by atoms with Crippen LogP contribution in [0.2, 0.25) is 5.02 Å². The van der Waals surface area contributed by atoms with Crippen LogP contribution < -0.4 is 10.6 Å². The summed E-state index contributed by atoms with van der Waals surface area (Å²) in [7, 11) is 0. The van der Waals surface area contributed by atoms with Crippen molar-refractivity contribution in [2.75, 3.05) is 23.9 Å². The summed E-state index contributed by atoms with van der Waals surface area (Å²) in [6, 6.07) is 6.64. The molecule has 5 nitrogen and oxygen atoms in total. The van der Waals surface area contributed by atoms with Crippen LogP contribution in [0.25, 0.3) is 0 Å². The van der Waals surface area contributed by atoms with Gasteiger partial charge in [0.05, 0.1) is 16.3 Å². The van der Waals surface area contributed by atoms with Crippen LogP contribution in [-0.2, 0) is 9.59 Å². The minimum atomic E-state index is -1.04. The zero-order valence-electron chi connectivity index (χ0n) is 12.0. The highest BCUT2D eigenvalue weighted by Crippen LogP contribution is 2.20. The number of halogens is 1. The molecule has 0 fully saturated rings. The van der Waals surface area contributed by atoms with Crippen LogP contribution in [0.3, 0.4) is 0 Å². The number of carbonyl (C=O) groups is 2. The molecule has 0 saturated heterocycles. The van der Waals surface area contributed by atoms with E-state index in [1.807, 2.05) is 6.26 Å². The van der Waals surface area contributed by atoms with E-state index in [1.165, 1.54) is 0 Å². The van der Waals surface area contributed by atoms with Crippen molar-refractivity contribution in [1.29, 1.82) is 0 Å². The maximum absolute atomic E-state index is 11.7. The predicted octanol–water partition coefficient (Wildman–Crippen LogP) is 1.90. The van der Waals surface area contributed by atoms with Gasteiger partial charge in [0.2, 0.25) is 0 Å². The fourth-order valence-electron chi connectivity index (χ4n) is 1.50. The van der Waals surface area contributed by atoms with Crippen LogP contribution in [0.1, 0.15) is 13.3 Å². The van der Waals surface area contributed by atoms with E-state index >= 15 is 0 Å². The molecular weight excluding hydrogens is 312 g/mol. The third kappa shape index (κ3) is 6.37. The van der Waals surface area contributed by atoms with Gasteiger partial charge >= 0.3 is 11.8 Å². The van der Waals surface area contributed by atoms with Gasteiger partial charge in [0.1, 0.15) is 0 Å². The molecule has 1 aromatic carbocycles. The predicted molar refractivity (Wildman–Crippen MR) is 86.7 cm³/mol. The number of amides is 2. The number of benzene rings is 1. The Morgan fingerprint density at radius 2 is 2.00 bits per heavy atom. The molecule has 0 aromatic heterocycles. The number of hydrogen-bond acceptors (Lipinski definition) is 4. The van der Waals surface area contributed by atoms with E-state index < -0.39 is 17.4 Å². The topological polar surface area (TPSA) is 78.4 Å². The number of thioether (sulfide) groups is 1. The molecule has 0 bridgehead atoms. The summed E-state index contributed by atoms with van der Waals surface area (Å²) in [4.78, 5) is 23.4. The zero-order chi connectivity index (χ0) is 15.9. The smallest absolute Gasteiger partial charge is 0.313 e. The summed E-state index contributed by atoms with van der Waals surface area (Å²) in [5, 5.41) is 15.2. The van der Waals surface area contributed by atoms with Gasteiger partial charge in [-0.3, -0.25) is 9.59 Å². The second kappa shape index (κ2) is 8.26. The van der Waals surface area contributed by atoms with Gasteiger partial charge in [-0.2, -0.15) is 11.8 Å². The molecule has 1 atom stereocenters. The first-order chi connectivity index (χ1) is 9.85. The van der Waals surface area contributed by atoms with Gasteiger partial charge in [-0.1, -0.05) is 23.7 Å². The van der Waals surface area contributed by atoms with Gasteiger partial charge in [-0.25, -0.2) is 0 Å². The lowest BCUT2D eigenvalue weighted by atomic mass is 10.0. The molecule has 0 heterocycles. The van der Waals surface area contributed by atoms with E-state index in [0.29, 0.717) is 17.1 Å². The molecule has 0 unspecified atom stereocenters. The molecule has 1 rings (SSSR count). The second-order valence-corrected chi connectivity index (χ2v) is 6.25. The van der Waals surface area contributed by atoms with Crippen LogP contribution in [0.5, 0.6) is 0 Å². The van der Waals surface area contributed by atoms with Gasteiger partial charge in [0.25, 0.3) is 0 Å². The van der Waals surface area contributed by atoms with Crippen molar-refractivity contribution in [3.8, 4) is 0 Å². The third-order valence-corrected chi connectivity index (χ3v) is 3.74. The monoisotopic (exact) mass is 330 g/mol. The van der Waals surface area contributed by atoms with Gasteiger partial charge < -0.3 is 15.7 Å². The average molecular weight is 331 g/mol. The van der Waals surface area contributed by atoms with E-state index in [1.54, 1.807) is 43.0 Å². The van der Waals surface area contributed by atoms with Crippen molar-refractivity contribution in [3.63, 3.8) is 0 Å². The second-order valence-electron chi connectivity index (χ2n) is 4.86. The highest BCUT2D eigenvalue weighted by Gasteiger charge is 2.23. The molecule has 2 amide bonds. The summed E-state index contributed by atoms with van der Waals surface area (Å²) in [5.74, 6) is -0.850. The Morgan fingerprint density at radius 1 is 1.33 bits per heavy atom. The zero-order valence-corrected chi connectivity index (χ0v) is 13.6. The molecular formula is C14H19ClN2O3S. The number of rotatable bonds is 6. The lowest BCUT2D eigenvalue weighted by Gasteiger charge is -2.23. The largest absolute Gasteiger partial charge is 0.388 e. The van der Waals surface area contributed by atoms with Crippen molar-refractivity contribution in [2.45, 2.75) is 18.9 Å². The minimum Gasteiger partial charge on any atom is -0.388 e. The van der Waals surface area contributed by atoms with Gasteiger partial charge in [-0.05, 0) is 37.5 Å². The summed E-state index contributed by atoms with van der Waals surface area (Å²) >= 11 is 7.50. The van der Waals surface area contributed by atoms with Gasteiger partial charge in [-0.15, -0.1) is 0 Å². The Morgan fingerprint density at radius 3 is 2.62 bits per heavy atom. The van der Waals surface area contributed by atoms with E-state index in [2.05, 4.69) is 10.6 Å². The Bertz CT molecular complexity index is 509. The highest BCUT2D eigenvalue weighted by atomic mass is 35.5. The van der Waals surface area contributed by atoms with Crippen molar-refractivity contribution in [1.82, 2.24) is 5.32 Å². The molecule has 116 valence electrons. The molecule has 7 heteroatoms. The quantitative estimate of drug-likeness (QED) is 0.696. The standard InChI is InChI=1S/C14H19ClN2O3S/c1-14(20,7-8-21-2)9-16-12(18)13(19)17-11-6-4-3-5-10(11)15/h3-6,20H,7-9H2,1-2H3,(H,16,18)(H,17,19)/t14-/m1/s1. The summed E-state index contributed by atoms with van der Waals surface area (Å²) < 4.78 is 0. The first kappa shape index (κ1) is 17.8. The summed E-state index contributed by atoms with van der Waals surface area (Å²) in [6.07, 6.45) is 2.46. The highest BCUT2D eigenvalue weighted by molar-refractivity contribution is 7.98. The molecule has 0 aliphatic carbocycles. The van der Waals surface area contributed by atoms with Gasteiger partial charge in [0, 0.05) is 6.54 Å². The lowest BCUT2D eigenvalue weighted by molar-refractivity contribution is -0.136. The Labute approximate surface area is 133 Å². The Balaban J connectivity index is 2.49. The van der Waals surface area contributed by atoms with Crippen molar-refractivity contribution >= 4 is 40.9 Å². The number of anilines is 1. The molecule has 3 N–H and O–H groups in total. The van der Waals surface area contributed by atoms with E-state index in [0.717, 1.165) is 5.75 Å². The first-order valence-electron chi connectivity index (χ1n) is 6.41. The molecule has 0 spiro atoms. The SMILES string of the molecule is CSCC[C@@](C)(O)CNC(=O)C(=O)Nc1ccccc1Cl. The fourth-order valence-corrected chi connectivity index (χ4v) is 2.33.